The molecule has 26 heavy (non-hydrogen) atoms. The number of allylic oxidation sites excluding steroid dienone is 1. The van der Waals surface area contributed by atoms with E-state index in [1.807, 2.05) is 48.9 Å². The van der Waals surface area contributed by atoms with E-state index >= 15 is 0 Å². The fraction of sp³-hybridized carbons (Fsp3) is 0.0952. The van der Waals surface area contributed by atoms with Gasteiger partial charge in [0.05, 0.1) is 16.6 Å². The van der Waals surface area contributed by atoms with E-state index in [-0.39, 0.29) is 5.69 Å². The van der Waals surface area contributed by atoms with E-state index in [0.29, 0.717) is 11.1 Å². The molecule has 0 fully saturated rings. The van der Waals surface area contributed by atoms with Crippen molar-refractivity contribution in [3.63, 3.8) is 0 Å². The third kappa shape index (κ3) is 3.40. The first-order chi connectivity index (χ1) is 12.5. The summed E-state index contributed by atoms with van der Waals surface area (Å²) in [7, 11) is 0. The molecule has 0 aliphatic carbocycles. The molecule has 0 amide bonds. The van der Waals surface area contributed by atoms with Crippen molar-refractivity contribution in [2.45, 2.75) is 13.8 Å². The van der Waals surface area contributed by atoms with Gasteiger partial charge in [0.25, 0.3) is 5.69 Å². The lowest BCUT2D eigenvalue weighted by molar-refractivity contribution is -0.384. The number of nitrogens with zero attached hydrogens (tertiary/aromatic N) is 3. The van der Waals surface area contributed by atoms with Crippen molar-refractivity contribution in [2.75, 3.05) is 0 Å². The number of nitro benzene ring substituents is 1. The third-order valence-corrected chi connectivity index (χ3v) is 4.17. The standard InChI is InChI=1S/C21H17N3O2/c1-15-8-9-21(16(2)11-15)23-10-4-7-19(23)13-18(14-22)17-5-3-6-20(12-17)24(25)26/h3-13H,1-2H3. The van der Waals surface area contributed by atoms with E-state index in [9.17, 15) is 15.4 Å². The van der Waals surface area contributed by atoms with E-state index in [1.165, 1.54) is 17.7 Å². The van der Waals surface area contributed by atoms with Crippen LogP contribution in [0.5, 0.6) is 0 Å². The predicted molar refractivity (Wildman–Crippen MR) is 102 cm³/mol. The van der Waals surface area contributed by atoms with Gasteiger partial charge < -0.3 is 4.57 Å². The number of nitriles is 1. The van der Waals surface area contributed by atoms with Crippen LogP contribution in [-0.4, -0.2) is 9.49 Å². The Kier molecular flexibility index (Phi) is 4.68. The van der Waals surface area contributed by atoms with Crippen LogP contribution in [-0.2, 0) is 0 Å². The van der Waals surface area contributed by atoms with Gasteiger partial charge in [-0.05, 0) is 49.2 Å². The highest BCUT2D eigenvalue weighted by atomic mass is 16.6. The number of aromatic nitrogens is 1. The lowest BCUT2D eigenvalue weighted by Crippen LogP contribution is -1.98. The minimum atomic E-state index is -0.461. The van der Waals surface area contributed by atoms with Crippen LogP contribution < -0.4 is 0 Å². The number of hydrogen-bond acceptors (Lipinski definition) is 3. The summed E-state index contributed by atoms with van der Waals surface area (Å²) in [6.07, 6.45) is 3.68. The van der Waals surface area contributed by atoms with Gasteiger partial charge in [0.15, 0.2) is 0 Å². The average molecular weight is 343 g/mol. The molecular formula is C21H17N3O2. The van der Waals surface area contributed by atoms with Crippen LogP contribution in [0.4, 0.5) is 5.69 Å². The van der Waals surface area contributed by atoms with Crippen LogP contribution in [0.1, 0.15) is 22.4 Å². The Morgan fingerprint density at radius 1 is 1.15 bits per heavy atom. The molecule has 0 spiro atoms. The Morgan fingerprint density at radius 3 is 2.65 bits per heavy atom. The van der Waals surface area contributed by atoms with Crippen molar-refractivity contribution in [1.29, 1.82) is 5.26 Å². The summed E-state index contributed by atoms with van der Waals surface area (Å²) in [5.74, 6) is 0. The first kappa shape index (κ1) is 17.2. The van der Waals surface area contributed by atoms with Crippen molar-refractivity contribution in [3.8, 4) is 11.8 Å². The molecule has 3 rings (SSSR count). The SMILES string of the molecule is Cc1ccc(-n2cccc2C=C(C#N)c2cccc([N+](=O)[O-])c2)c(C)c1. The zero-order valence-corrected chi connectivity index (χ0v) is 14.5. The maximum absolute atomic E-state index is 11.0. The van der Waals surface area contributed by atoms with E-state index in [1.54, 1.807) is 18.2 Å². The van der Waals surface area contributed by atoms with Gasteiger partial charge in [0.1, 0.15) is 0 Å². The zero-order valence-electron chi connectivity index (χ0n) is 14.5. The number of hydrogen-bond donors (Lipinski definition) is 0. The molecule has 0 atom stereocenters. The van der Waals surface area contributed by atoms with E-state index in [4.69, 9.17) is 0 Å². The van der Waals surface area contributed by atoms with Crippen LogP contribution in [0.2, 0.25) is 0 Å². The molecule has 0 radical (unpaired) electrons. The van der Waals surface area contributed by atoms with E-state index < -0.39 is 4.92 Å². The second kappa shape index (κ2) is 7.08. The fourth-order valence-corrected chi connectivity index (χ4v) is 2.92. The summed E-state index contributed by atoms with van der Waals surface area (Å²) >= 11 is 0. The summed E-state index contributed by atoms with van der Waals surface area (Å²) in [5.41, 5.74) is 5.04. The van der Waals surface area contributed by atoms with Gasteiger partial charge in [-0.3, -0.25) is 10.1 Å². The molecule has 0 aliphatic rings. The van der Waals surface area contributed by atoms with Gasteiger partial charge in [0, 0.05) is 29.7 Å². The highest BCUT2D eigenvalue weighted by Crippen LogP contribution is 2.24. The molecule has 0 saturated carbocycles. The molecule has 0 aliphatic heterocycles. The topological polar surface area (TPSA) is 71.9 Å². The van der Waals surface area contributed by atoms with Gasteiger partial charge >= 0.3 is 0 Å². The molecule has 5 heteroatoms. The van der Waals surface area contributed by atoms with Crippen LogP contribution in [0, 0.1) is 35.3 Å². The Bertz CT molecular complexity index is 1060. The number of aryl methyl sites for hydroxylation is 2. The van der Waals surface area contributed by atoms with Crippen molar-refractivity contribution < 1.29 is 4.92 Å². The molecule has 2 aromatic carbocycles. The van der Waals surface area contributed by atoms with Gasteiger partial charge in [-0.25, -0.2) is 0 Å². The van der Waals surface area contributed by atoms with Crippen LogP contribution >= 0.6 is 0 Å². The van der Waals surface area contributed by atoms with Crippen LogP contribution in [0.15, 0.2) is 60.8 Å². The molecule has 0 bridgehead atoms. The van der Waals surface area contributed by atoms with Crippen molar-refractivity contribution in [3.05, 3.63) is 93.3 Å². The van der Waals surface area contributed by atoms with Gasteiger partial charge in [-0.15, -0.1) is 0 Å². The normalized spacial score (nSPS) is 11.2. The lowest BCUT2D eigenvalue weighted by Gasteiger charge is -2.11. The quantitative estimate of drug-likeness (QED) is 0.377. The van der Waals surface area contributed by atoms with Crippen LogP contribution in [0.3, 0.4) is 0 Å². The number of nitro groups is 1. The largest absolute Gasteiger partial charge is 0.317 e. The van der Waals surface area contributed by atoms with Crippen molar-refractivity contribution >= 4 is 17.3 Å². The fourth-order valence-electron chi connectivity index (χ4n) is 2.92. The molecule has 1 aromatic heterocycles. The number of non-ortho nitro benzene ring substituents is 1. The second-order valence-electron chi connectivity index (χ2n) is 6.07. The molecule has 0 saturated heterocycles. The number of benzene rings is 2. The lowest BCUT2D eigenvalue weighted by atomic mass is 10.0. The summed E-state index contributed by atoms with van der Waals surface area (Å²) in [4.78, 5) is 10.5. The molecule has 128 valence electrons. The Balaban J connectivity index is 2.07. The monoisotopic (exact) mass is 343 g/mol. The van der Waals surface area contributed by atoms with E-state index in [2.05, 4.69) is 12.1 Å². The first-order valence-electron chi connectivity index (χ1n) is 8.11. The summed E-state index contributed by atoms with van der Waals surface area (Å²) in [6, 6.07) is 18.3. The second-order valence-corrected chi connectivity index (χ2v) is 6.07. The first-order valence-corrected chi connectivity index (χ1v) is 8.11. The molecule has 3 aromatic rings. The summed E-state index contributed by atoms with van der Waals surface area (Å²) in [5, 5.41) is 20.5. The molecule has 0 unspecified atom stereocenters. The minimum absolute atomic E-state index is 0.0339. The third-order valence-electron chi connectivity index (χ3n) is 4.17. The van der Waals surface area contributed by atoms with E-state index in [0.717, 1.165) is 16.9 Å². The zero-order chi connectivity index (χ0) is 18.7. The van der Waals surface area contributed by atoms with Gasteiger partial charge in [-0.2, -0.15) is 5.26 Å². The van der Waals surface area contributed by atoms with Gasteiger partial charge in [-0.1, -0.05) is 29.8 Å². The minimum Gasteiger partial charge on any atom is -0.317 e. The molecular weight excluding hydrogens is 326 g/mol. The maximum atomic E-state index is 11.0. The Hall–Kier alpha value is -3.65. The van der Waals surface area contributed by atoms with Gasteiger partial charge in [0.2, 0.25) is 0 Å². The Labute approximate surface area is 151 Å². The number of rotatable bonds is 4. The molecule has 0 N–H and O–H groups in total. The van der Waals surface area contributed by atoms with Crippen LogP contribution in [0.25, 0.3) is 17.3 Å². The summed E-state index contributed by atoms with van der Waals surface area (Å²) in [6.45, 7) is 4.09. The predicted octanol–water partition coefficient (Wildman–Crippen LogP) is 5.07. The average Bonchev–Trinajstić information content (AvgIpc) is 3.07. The molecule has 1 heterocycles. The Morgan fingerprint density at radius 2 is 1.96 bits per heavy atom. The smallest absolute Gasteiger partial charge is 0.270 e. The van der Waals surface area contributed by atoms with Crippen molar-refractivity contribution in [1.82, 2.24) is 4.57 Å². The van der Waals surface area contributed by atoms with Crippen molar-refractivity contribution in [2.24, 2.45) is 0 Å². The maximum Gasteiger partial charge on any atom is 0.270 e. The highest BCUT2D eigenvalue weighted by Gasteiger charge is 2.11. The molecule has 5 nitrogen and oxygen atoms in total. The summed E-state index contributed by atoms with van der Waals surface area (Å²) < 4.78 is 2.00. The highest BCUT2D eigenvalue weighted by molar-refractivity contribution is 5.89.